The zero-order valence-electron chi connectivity index (χ0n) is 16.1. The molecule has 0 bridgehead atoms. The molecule has 0 N–H and O–H groups in total. The maximum absolute atomic E-state index is 12.1. The van der Waals surface area contributed by atoms with Crippen LogP contribution in [0, 0.1) is 0 Å². The van der Waals surface area contributed by atoms with Crippen LogP contribution < -0.4 is 0 Å². The van der Waals surface area contributed by atoms with E-state index in [9.17, 15) is 14.4 Å². The first kappa shape index (κ1) is 19.2. The van der Waals surface area contributed by atoms with Gasteiger partial charge in [0.05, 0.1) is 0 Å². The lowest BCUT2D eigenvalue weighted by atomic mass is 9.84. The molecule has 30 heavy (non-hydrogen) atoms. The second-order valence-electron chi connectivity index (χ2n) is 6.81. The summed E-state index contributed by atoms with van der Waals surface area (Å²) in [5.41, 5.74) is 3.49. The van der Waals surface area contributed by atoms with Gasteiger partial charge in [-0.3, -0.25) is 14.4 Å². The fraction of sp³-hybridized carbons (Fsp3) is 0. The molecule has 0 aliphatic heterocycles. The Labute approximate surface area is 174 Å². The van der Waals surface area contributed by atoms with Crippen molar-refractivity contribution in [3.05, 3.63) is 143 Å². The molecule has 1 aliphatic rings. The van der Waals surface area contributed by atoms with Crippen LogP contribution in [-0.4, -0.2) is 17.3 Å². The molecule has 144 valence electrons. The molecule has 0 spiro atoms. The van der Waals surface area contributed by atoms with Gasteiger partial charge >= 0.3 is 0 Å². The van der Waals surface area contributed by atoms with Crippen molar-refractivity contribution in [2.24, 2.45) is 0 Å². The van der Waals surface area contributed by atoms with Gasteiger partial charge in [0.15, 0.2) is 17.3 Å². The normalized spacial score (nSPS) is 11.6. The minimum atomic E-state index is -0.0641. The minimum Gasteiger partial charge on any atom is -0.289 e. The number of ketones is 3. The van der Waals surface area contributed by atoms with Crippen molar-refractivity contribution in [3.63, 3.8) is 0 Å². The Morgan fingerprint density at radius 3 is 0.967 bits per heavy atom. The van der Waals surface area contributed by atoms with Crippen molar-refractivity contribution in [2.75, 3.05) is 0 Å². The predicted molar refractivity (Wildman–Crippen MR) is 116 cm³/mol. The summed E-state index contributed by atoms with van der Waals surface area (Å²) < 4.78 is 0. The lowest BCUT2D eigenvalue weighted by molar-refractivity contribution is 0.0979. The average Bonchev–Trinajstić information content (AvgIpc) is 2.83. The molecule has 4 aromatic carbocycles. The molecule has 5 rings (SSSR count). The Morgan fingerprint density at radius 2 is 0.667 bits per heavy atom. The van der Waals surface area contributed by atoms with Gasteiger partial charge in [-0.25, -0.2) is 0 Å². The molecule has 0 saturated carbocycles. The monoisotopic (exact) mass is 390 g/mol. The molecule has 0 heterocycles. The van der Waals surface area contributed by atoms with Crippen molar-refractivity contribution in [3.8, 4) is 0 Å². The number of hydrogen-bond acceptors (Lipinski definition) is 3. The summed E-state index contributed by atoms with van der Waals surface area (Å²) in [7, 11) is 0. The smallest absolute Gasteiger partial charge is 0.194 e. The zero-order valence-corrected chi connectivity index (χ0v) is 16.1. The maximum Gasteiger partial charge on any atom is 0.194 e. The Balaban J connectivity index is 0.000000147. The number of carbonyl (C=O) groups excluding carboxylic acids is 3. The molecule has 0 saturated heterocycles. The Hall–Kier alpha value is -4.11. The Bertz CT molecular complexity index is 1080. The first-order valence-electron chi connectivity index (χ1n) is 9.59. The van der Waals surface area contributed by atoms with E-state index in [0.29, 0.717) is 22.3 Å². The number of fused-ring (bicyclic) bond motifs is 2. The highest BCUT2D eigenvalue weighted by molar-refractivity contribution is 6.28. The largest absolute Gasteiger partial charge is 0.289 e. The zero-order chi connectivity index (χ0) is 20.9. The van der Waals surface area contributed by atoms with E-state index in [4.69, 9.17) is 0 Å². The van der Waals surface area contributed by atoms with Crippen molar-refractivity contribution in [2.45, 2.75) is 0 Å². The molecule has 0 amide bonds. The SMILES string of the molecule is O=C(c1ccccc1)c1ccccc1.O=C1c2ccccc2C(=O)c2ccccc21. The molecule has 3 heteroatoms. The van der Waals surface area contributed by atoms with E-state index in [1.54, 1.807) is 48.5 Å². The van der Waals surface area contributed by atoms with Crippen LogP contribution in [0.3, 0.4) is 0 Å². The third-order valence-electron chi connectivity index (χ3n) is 4.90. The predicted octanol–water partition coefficient (Wildman–Crippen LogP) is 5.38. The van der Waals surface area contributed by atoms with Crippen LogP contribution in [0.5, 0.6) is 0 Å². The van der Waals surface area contributed by atoms with E-state index in [-0.39, 0.29) is 17.3 Å². The van der Waals surface area contributed by atoms with Gasteiger partial charge in [-0.1, -0.05) is 109 Å². The molecule has 0 fully saturated rings. The van der Waals surface area contributed by atoms with E-state index >= 15 is 0 Å². The van der Waals surface area contributed by atoms with Crippen LogP contribution in [-0.2, 0) is 0 Å². The van der Waals surface area contributed by atoms with Gasteiger partial charge in [0, 0.05) is 33.4 Å². The molecule has 1 aliphatic carbocycles. The van der Waals surface area contributed by atoms with Crippen molar-refractivity contribution in [1.82, 2.24) is 0 Å². The van der Waals surface area contributed by atoms with Gasteiger partial charge in [-0.05, 0) is 0 Å². The number of benzene rings is 4. The highest BCUT2D eigenvalue weighted by Crippen LogP contribution is 2.26. The second-order valence-corrected chi connectivity index (χ2v) is 6.81. The van der Waals surface area contributed by atoms with E-state index in [1.807, 2.05) is 60.7 Å². The molecule has 0 atom stereocenters. The lowest BCUT2D eigenvalue weighted by Crippen LogP contribution is -2.20. The number of hydrogen-bond donors (Lipinski definition) is 0. The van der Waals surface area contributed by atoms with Gasteiger partial charge in [0.2, 0.25) is 0 Å². The molecular formula is C27H18O3. The number of rotatable bonds is 2. The summed E-state index contributed by atoms with van der Waals surface area (Å²) >= 11 is 0. The van der Waals surface area contributed by atoms with Crippen LogP contribution in [0.4, 0.5) is 0 Å². The summed E-state index contributed by atoms with van der Waals surface area (Å²) in [5, 5.41) is 0. The van der Waals surface area contributed by atoms with E-state index in [0.717, 1.165) is 11.1 Å². The second kappa shape index (κ2) is 8.50. The van der Waals surface area contributed by atoms with E-state index in [1.165, 1.54) is 0 Å². The maximum atomic E-state index is 12.1. The molecule has 0 aromatic heterocycles. The highest BCUT2D eigenvalue weighted by atomic mass is 16.1. The van der Waals surface area contributed by atoms with Gasteiger partial charge in [0.25, 0.3) is 0 Å². The quantitative estimate of drug-likeness (QED) is 0.380. The van der Waals surface area contributed by atoms with E-state index < -0.39 is 0 Å². The van der Waals surface area contributed by atoms with Gasteiger partial charge < -0.3 is 0 Å². The van der Waals surface area contributed by atoms with Crippen LogP contribution in [0.15, 0.2) is 109 Å². The van der Waals surface area contributed by atoms with Gasteiger partial charge in [-0.15, -0.1) is 0 Å². The number of carbonyl (C=O) groups is 3. The molecule has 3 nitrogen and oxygen atoms in total. The van der Waals surface area contributed by atoms with Crippen molar-refractivity contribution >= 4 is 17.3 Å². The summed E-state index contributed by atoms with van der Waals surface area (Å²) in [4.78, 5) is 36.0. The van der Waals surface area contributed by atoms with Crippen LogP contribution in [0.1, 0.15) is 47.8 Å². The van der Waals surface area contributed by atoms with Crippen LogP contribution in [0.25, 0.3) is 0 Å². The topological polar surface area (TPSA) is 51.2 Å². The first-order valence-corrected chi connectivity index (χ1v) is 9.59. The van der Waals surface area contributed by atoms with Crippen molar-refractivity contribution in [1.29, 1.82) is 0 Å². The highest BCUT2D eigenvalue weighted by Gasteiger charge is 2.28. The Kier molecular flexibility index (Phi) is 5.44. The summed E-state index contributed by atoms with van der Waals surface area (Å²) in [6.45, 7) is 0. The summed E-state index contributed by atoms with van der Waals surface area (Å²) in [6.07, 6.45) is 0. The standard InChI is InChI=1S/C14H8O2.C13H10O/c15-13-9-5-1-2-6-10(9)14(16)12-8-4-3-7-11(12)13;14-13(11-7-3-1-4-8-11)12-9-5-2-6-10-12/h1-8H;1-10H. The summed E-state index contributed by atoms with van der Waals surface area (Å²) in [5.74, 6) is -0.0530. The van der Waals surface area contributed by atoms with Crippen LogP contribution >= 0.6 is 0 Å². The van der Waals surface area contributed by atoms with Crippen LogP contribution in [0.2, 0.25) is 0 Å². The third-order valence-corrected chi connectivity index (χ3v) is 4.90. The molecule has 4 aromatic rings. The molecule has 0 unspecified atom stereocenters. The Morgan fingerprint density at radius 1 is 0.400 bits per heavy atom. The van der Waals surface area contributed by atoms with Gasteiger partial charge in [0.1, 0.15) is 0 Å². The third kappa shape index (κ3) is 3.74. The summed E-state index contributed by atoms with van der Waals surface area (Å²) in [6, 6.07) is 32.5. The minimum absolute atomic E-state index is 0.0641. The lowest BCUT2D eigenvalue weighted by Gasteiger charge is -2.16. The fourth-order valence-electron chi connectivity index (χ4n) is 3.39. The van der Waals surface area contributed by atoms with Gasteiger partial charge in [-0.2, -0.15) is 0 Å². The fourth-order valence-corrected chi connectivity index (χ4v) is 3.39. The average molecular weight is 390 g/mol. The first-order chi connectivity index (χ1) is 14.7. The molecule has 0 radical (unpaired) electrons. The van der Waals surface area contributed by atoms with Crippen molar-refractivity contribution < 1.29 is 14.4 Å². The van der Waals surface area contributed by atoms with E-state index in [2.05, 4.69) is 0 Å². The molecular weight excluding hydrogens is 372 g/mol.